The van der Waals surface area contributed by atoms with Crippen molar-refractivity contribution in [2.24, 2.45) is 11.8 Å². The van der Waals surface area contributed by atoms with Crippen LogP contribution in [0.25, 0.3) is 0 Å². The molecule has 0 aromatic carbocycles. The van der Waals surface area contributed by atoms with Gasteiger partial charge in [0.25, 0.3) is 5.92 Å². The van der Waals surface area contributed by atoms with Crippen molar-refractivity contribution in [3.8, 4) is 0 Å². The first-order valence-corrected chi connectivity index (χ1v) is 6.25. The summed E-state index contributed by atoms with van der Waals surface area (Å²) in [5.41, 5.74) is 0. The van der Waals surface area contributed by atoms with E-state index >= 15 is 0 Å². The zero-order valence-electron chi connectivity index (χ0n) is 10.8. The lowest BCUT2D eigenvalue weighted by atomic mass is 9.87. The third kappa shape index (κ3) is 4.17. The van der Waals surface area contributed by atoms with Gasteiger partial charge in [-0.05, 0) is 18.8 Å². The average molecular weight is 265 g/mol. The van der Waals surface area contributed by atoms with Crippen molar-refractivity contribution in [3.63, 3.8) is 0 Å². The average Bonchev–Trinajstić information content (AvgIpc) is 2.36. The summed E-state index contributed by atoms with van der Waals surface area (Å²) >= 11 is 0. The number of aliphatic hydroxyl groups excluding tert-OH is 1. The molecule has 1 heterocycles. The third-order valence-corrected chi connectivity index (χ3v) is 3.11. The molecule has 0 bridgehead atoms. The van der Waals surface area contributed by atoms with Crippen LogP contribution in [0.1, 0.15) is 26.7 Å². The quantitative estimate of drug-likeness (QED) is 0.785. The molecule has 1 aliphatic rings. The fourth-order valence-corrected chi connectivity index (χ4v) is 2.14. The minimum absolute atomic E-state index is 0.166. The number of amides is 1. The van der Waals surface area contributed by atoms with Crippen molar-refractivity contribution in [3.05, 3.63) is 0 Å². The molecular formula is C12H21F2NO3. The van der Waals surface area contributed by atoms with Gasteiger partial charge in [-0.15, -0.1) is 0 Å². The van der Waals surface area contributed by atoms with Crippen LogP contribution in [-0.2, 0) is 9.53 Å². The van der Waals surface area contributed by atoms with Gasteiger partial charge in [0.05, 0.1) is 18.6 Å². The van der Waals surface area contributed by atoms with Gasteiger partial charge in [-0.1, -0.05) is 13.8 Å². The van der Waals surface area contributed by atoms with Crippen molar-refractivity contribution >= 4 is 5.91 Å². The van der Waals surface area contributed by atoms with Crippen molar-refractivity contribution in [1.29, 1.82) is 0 Å². The van der Waals surface area contributed by atoms with Crippen LogP contribution in [0.5, 0.6) is 0 Å². The highest BCUT2D eigenvalue weighted by Crippen LogP contribution is 2.26. The van der Waals surface area contributed by atoms with Crippen molar-refractivity contribution in [2.45, 2.75) is 38.7 Å². The van der Waals surface area contributed by atoms with Gasteiger partial charge in [-0.2, -0.15) is 0 Å². The van der Waals surface area contributed by atoms with E-state index in [0.717, 1.165) is 6.42 Å². The molecule has 0 aromatic rings. The van der Waals surface area contributed by atoms with Crippen LogP contribution in [0.15, 0.2) is 0 Å². The summed E-state index contributed by atoms with van der Waals surface area (Å²) in [7, 11) is 0. The van der Waals surface area contributed by atoms with E-state index in [-0.39, 0.29) is 17.9 Å². The molecular weight excluding hydrogens is 244 g/mol. The van der Waals surface area contributed by atoms with Gasteiger partial charge in [0.1, 0.15) is 6.61 Å². The number of hydrogen-bond donors (Lipinski definition) is 2. The summed E-state index contributed by atoms with van der Waals surface area (Å²) in [6.45, 7) is 2.41. The molecule has 6 heteroatoms. The second kappa shape index (κ2) is 6.43. The molecule has 106 valence electrons. The molecule has 1 fully saturated rings. The van der Waals surface area contributed by atoms with Crippen LogP contribution in [0.3, 0.4) is 0 Å². The number of aliphatic hydroxyl groups is 1. The predicted octanol–water partition coefficient (Wildman–Crippen LogP) is 1.18. The molecule has 1 saturated heterocycles. The largest absolute Gasteiger partial charge is 0.390 e. The summed E-state index contributed by atoms with van der Waals surface area (Å²) in [6, 6.07) is 0. The maximum atomic E-state index is 12.8. The Morgan fingerprint density at radius 1 is 1.56 bits per heavy atom. The van der Waals surface area contributed by atoms with Crippen LogP contribution in [0.2, 0.25) is 0 Å². The Morgan fingerprint density at radius 2 is 2.22 bits per heavy atom. The first-order chi connectivity index (χ1) is 8.37. The Kier molecular flexibility index (Phi) is 5.47. The smallest absolute Gasteiger partial charge is 0.287 e. The predicted molar refractivity (Wildman–Crippen MR) is 62.3 cm³/mol. The third-order valence-electron chi connectivity index (χ3n) is 3.11. The molecule has 0 radical (unpaired) electrons. The molecule has 1 aliphatic heterocycles. The molecule has 0 spiro atoms. The number of hydrogen-bond acceptors (Lipinski definition) is 3. The van der Waals surface area contributed by atoms with Crippen molar-refractivity contribution in [1.82, 2.24) is 5.32 Å². The highest BCUT2D eigenvalue weighted by atomic mass is 19.3. The zero-order valence-corrected chi connectivity index (χ0v) is 10.8. The molecule has 18 heavy (non-hydrogen) atoms. The van der Waals surface area contributed by atoms with E-state index in [2.05, 4.69) is 5.32 Å². The Balaban J connectivity index is 2.53. The summed E-state index contributed by atoms with van der Waals surface area (Å²) in [4.78, 5) is 11.9. The van der Waals surface area contributed by atoms with Crippen molar-refractivity contribution < 1.29 is 23.4 Å². The second-order valence-electron chi connectivity index (χ2n) is 5.06. The molecule has 0 aliphatic carbocycles. The molecule has 0 aromatic heterocycles. The molecule has 2 N–H and O–H groups in total. The van der Waals surface area contributed by atoms with Gasteiger partial charge in [0.15, 0.2) is 0 Å². The lowest BCUT2D eigenvalue weighted by molar-refractivity contribution is -0.139. The van der Waals surface area contributed by atoms with E-state index in [0.29, 0.717) is 13.0 Å². The summed E-state index contributed by atoms with van der Waals surface area (Å²) < 4.78 is 31.2. The van der Waals surface area contributed by atoms with Crippen LogP contribution < -0.4 is 5.32 Å². The van der Waals surface area contributed by atoms with E-state index in [1.807, 2.05) is 13.8 Å². The molecule has 4 nitrogen and oxygen atoms in total. The van der Waals surface area contributed by atoms with E-state index in [1.54, 1.807) is 0 Å². The van der Waals surface area contributed by atoms with Crippen LogP contribution in [0, 0.1) is 11.8 Å². The van der Waals surface area contributed by atoms with Gasteiger partial charge in [0, 0.05) is 6.61 Å². The van der Waals surface area contributed by atoms with Gasteiger partial charge >= 0.3 is 0 Å². The Morgan fingerprint density at radius 3 is 2.78 bits per heavy atom. The van der Waals surface area contributed by atoms with Gasteiger partial charge in [0.2, 0.25) is 5.91 Å². The van der Waals surface area contributed by atoms with Gasteiger partial charge in [-0.25, -0.2) is 8.78 Å². The van der Waals surface area contributed by atoms with E-state index in [9.17, 15) is 13.6 Å². The number of alkyl halides is 2. The van der Waals surface area contributed by atoms with E-state index in [4.69, 9.17) is 9.84 Å². The first kappa shape index (κ1) is 15.3. The molecule has 1 rings (SSSR count). The maximum absolute atomic E-state index is 12.8. The summed E-state index contributed by atoms with van der Waals surface area (Å²) in [5.74, 6) is -3.90. The number of ether oxygens (including phenoxy) is 1. The number of carbonyl (C=O) groups is 1. The Hall–Kier alpha value is -0.750. The first-order valence-electron chi connectivity index (χ1n) is 6.25. The highest BCUT2D eigenvalue weighted by Gasteiger charge is 2.35. The zero-order chi connectivity index (χ0) is 13.8. The second-order valence-corrected chi connectivity index (χ2v) is 5.06. The molecule has 0 saturated carbocycles. The van der Waals surface area contributed by atoms with E-state index in [1.165, 1.54) is 0 Å². The topological polar surface area (TPSA) is 58.6 Å². The minimum atomic E-state index is -3.27. The number of halogens is 2. The number of nitrogens with one attached hydrogen (secondary N) is 1. The maximum Gasteiger partial charge on any atom is 0.287 e. The normalized spacial score (nSPS) is 25.2. The monoisotopic (exact) mass is 265 g/mol. The molecule has 2 atom stereocenters. The number of rotatable bonds is 5. The van der Waals surface area contributed by atoms with Gasteiger partial charge in [-0.3, -0.25) is 4.79 Å². The lowest BCUT2D eigenvalue weighted by Crippen LogP contribution is -2.47. The van der Waals surface area contributed by atoms with Crippen LogP contribution in [-0.4, -0.2) is 42.8 Å². The van der Waals surface area contributed by atoms with Crippen LogP contribution in [0.4, 0.5) is 8.78 Å². The van der Waals surface area contributed by atoms with Crippen molar-refractivity contribution in [2.75, 3.05) is 19.8 Å². The standard InChI is InChI=1S/C12H21F2NO3/c1-8(2)10-9(4-3-5-18-10)11(17)15-6-12(13,14)7-16/h8-10,16H,3-7H2,1-2H3,(H,15,17). The fraction of sp³-hybridized carbons (Fsp3) is 0.917. The Labute approximate surface area is 106 Å². The van der Waals surface area contributed by atoms with E-state index < -0.39 is 25.0 Å². The summed E-state index contributed by atoms with van der Waals surface area (Å²) in [5, 5.41) is 10.6. The lowest BCUT2D eigenvalue weighted by Gasteiger charge is -2.33. The van der Waals surface area contributed by atoms with Gasteiger partial charge < -0.3 is 15.2 Å². The molecule has 2 unspecified atom stereocenters. The number of carbonyl (C=O) groups excluding carboxylic acids is 1. The fourth-order valence-electron chi connectivity index (χ4n) is 2.14. The highest BCUT2D eigenvalue weighted by molar-refractivity contribution is 5.79. The minimum Gasteiger partial charge on any atom is -0.390 e. The summed E-state index contributed by atoms with van der Waals surface area (Å²) in [6.07, 6.45) is 1.19. The SMILES string of the molecule is CC(C)C1OCCCC1C(=O)NCC(F)(F)CO. The Bertz CT molecular complexity index is 284. The van der Waals surface area contributed by atoms with Crippen LogP contribution >= 0.6 is 0 Å². The molecule has 1 amide bonds.